The van der Waals surface area contributed by atoms with Gasteiger partial charge >= 0.3 is 0 Å². The lowest BCUT2D eigenvalue weighted by Crippen LogP contribution is -2.00. The van der Waals surface area contributed by atoms with E-state index in [0.717, 1.165) is 22.6 Å². The molecule has 1 aromatic carbocycles. The van der Waals surface area contributed by atoms with Crippen molar-refractivity contribution in [3.8, 4) is 34.3 Å². The second-order valence-corrected chi connectivity index (χ2v) is 5.39. The molecule has 0 fully saturated rings. The molecule has 25 heavy (non-hydrogen) atoms. The van der Waals surface area contributed by atoms with E-state index in [-0.39, 0.29) is 0 Å². The molecule has 0 aliphatic rings. The molecule has 8 nitrogen and oxygen atoms in total. The molecule has 0 saturated carbocycles. The smallest absolute Gasteiger partial charge is 0.240 e. The number of pyridine rings is 1. The summed E-state index contributed by atoms with van der Waals surface area (Å²) in [5.74, 6) is 1.70. The van der Waals surface area contributed by atoms with Crippen LogP contribution in [0.15, 0.2) is 48.8 Å². The molecular weight excluding hydrogens is 318 g/mol. The summed E-state index contributed by atoms with van der Waals surface area (Å²) in [5.41, 5.74) is 3.34. The number of methoxy groups -OCH3 is 1. The second kappa shape index (κ2) is 6.16. The molecule has 124 valence electrons. The van der Waals surface area contributed by atoms with E-state index in [1.54, 1.807) is 19.5 Å². The molecule has 3 heterocycles. The third kappa shape index (κ3) is 2.85. The van der Waals surface area contributed by atoms with Crippen molar-refractivity contribution in [3.05, 3.63) is 54.5 Å². The van der Waals surface area contributed by atoms with Crippen LogP contribution in [0.5, 0.6) is 5.75 Å². The first-order chi connectivity index (χ1) is 12.2. The summed E-state index contributed by atoms with van der Waals surface area (Å²) in [6, 6.07) is 11.4. The number of imidazole rings is 1. The predicted octanol–water partition coefficient (Wildman–Crippen LogP) is 2.43. The lowest BCUT2D eigenvalue weighted by atomic mass is 10.1. The van der Waals surface area contributed by atoms with E-state index >= 15 is 0 Å². The number of rotatable bonds is 4. The number of aromatic amines is 1. The van der Waals surface area contributed by atoms with Crippen molar-refractivity contribution in [2.24, 2.45) is 0 Å². The fourth-order valence-electron chi connectivity index (χ4n) is 2.48. The SMILES string of the molecule is COc1cc(-n2nnc(-c3nc(C)c[nH]3)n2)ccc1-c1ccccn1. The average Bonchev–Trinajstić information content (AvgIpc) is 3.31. The van der Waals surface area contributed by atoms with Gasteiger partial charge in [0.15, 0.2) is 5.82 Å². The predicted molar refractivity (Wildman–Crippen MR) is 91.3 cm³/mol. The molecule has 3 aromatic heterocycles. The van der Waals surface area contributed by atoms with Gasteiger partial charge in [0.1, 0.15) is 5.75 Å². The fraction of sp³-hybridized carbons (Fsp3) is 0.118. The molecule has 1 N–H and O–H groups in total. The summed E-state index contributed by atoms with van der Waals surface area (Å²) < 4.78 is 5.51. The van der Waals surface area contributed by atoms with Gasteiger partial charge in [0.2, 0.25) is 5.82 Å². The van der Waals surface area contributed by atoms with Crippen LogP contribution in [0, 0.1) is 6.92 Å². The number of benzene rings is 1. The first kappa shape index (κ1) is 15.0. The molecule has 4 rings (SSSR count). The number of tetrazole rings is 1. The van der Waals surface area contributed by atoms with Crippen LogP contribution >= 0.6 is 0 Å². The van der Waals surface area contributed by atoms with Crippen LogP contribution in [-0.2, 0) is 0 Å². The van der Waals surface area contributed by atoms with Crippen LogP contribution in [0.3, 0.4) is 0 Å². The summed E-state index contributed by atoms with van der Waals surface area (Å²) in [6.45, 7) is 1.89. The Morgan fingerprint density at radius 3 is 2.80 bits per heavy atom. The number of hydrogen-bond donors (Lipinski definition) is 1. The third-order valence-corrected chi connectivity index (χ3v) is 3.69. The van der Waals surface area contributed by atoms with E-state index in [4.69, 9.17) is 4.74 Å². The monoisotopic (exact) mass is 333 g/mol. The van der Waals surface area contributed by atoms with Gasteiger partial charge in [-0.1, -0.05) is 6.07 Å². The fourth-order valence-corrected chi connectivity index (χ4v) is 2.48. The highest BCUT2D eigenvalue weighted by molar-refractivity contribution is 5.69. The van der Waals surface area contributed by atoms with Gasteiger partial charge in [-0.15, -0.1) is 15.0 Å². The zero-order chi connectivity index (χ0) is 17.2. The topological polar surface area (TPSA) is 94.4 Å². The van der Waals surface area contributed by atoms with Crippen LogP contribution in [0.1, 0.15) is 5.69 Å². The van der Waals surface area contributed by atoms with Crippen molar-refractivity contribution in [3.63, 3.8) is 0 Å². The van der Waals surface area contributed by atoms with Crippen LogP contribution in [0.4, 0.5) is 0 Å². The van der Waals surface area contributed by atoms with E-state index in [0.29, 0.717) is 17.4 Å². The van der Waals surface area contributed by atoms with Crippen LogP contribution in [0.2, 0.25) is 0 Å². The molecule has 0 radical (unpaired) electrons. The lowest BCUT2D eigenvalue weighted by Gasteiger charge is -2.09. The van der Waals surface area contributed by atoms with Gasteiger partial charge < -0.3 is 9.72 Å². The Hall–Kier alpha value is -3.55. The zero-order valence-corrected chi connectivity index (χ0v) is 13.7. The Bertz CT molecular complexity index is 1010. The lowest BCUT2D eigenvalue weighted by molar-refractivity contribution is 0.415. The minimum absolute atomic E-state index is 0.431. The van der Waals surface area contributed by atoms with E-state index < -0.39 is 0 Å². The van der Waals surface area contributed by atoms with Crippen molar-refractivity contribution >= 4 is 0 Å². The minimum Gasteiger partial charge on any atom is -0.496 e. The molecule has 0 bridgehead atoms. The molecule has 0 aliphatic heterocycles. The molecule has 4 aromatic rings. The van der Waals surface area contributed by atoms with Gasteiger partial charge in [0, 0.05) is 24.0 Å². The van der Waals surface area contributed by atoms with Crippen LogP contribution < -0.4 is 4.74 Å². The van der Waals surface area contributed by atoms with Crippen molar-refractivity contribution in [2.75, 3.05) is 7.11 Å². The van der Waals surface area contributed by atoms with Crippen molar-refractivity contribution in [1.29, 1.82) is 0 Å². The number of nitrogens with one attached hydrogen (secondary N) is 1. The van der Waals surface area contributed by atoms with Gasteiger partial charge in [-0.05, 0) is 36.4 Å². The highest BCUT2D eigenvalue weighted by Crippen LogP contribution is 2.30. The highest BCUT2D eigenvalue weighted by atomic mass is 16.5. The molecule has 0 spiro atoms. The van der Waals surface area contributed by atoms with E-state index in [9.17, 15) is 0 Å². The standard InChI is InChI=1S/C17H15N7O/c1-11-10-19-16(20-11)17-21-23-24(22-17)12-6-7-13(15(9-12)25-2)14-5-3-4-8-18-14/h3-10H,1-2H3,(H,19,20). The van der Waals surface area contributed by atoms with Crippen molar-refractivity contribution in [2.45, 2.75) is 6.92 Å². The molecule has 0 unspecified atom stereocenters. The molecule has 0 aliphatic carbocycles. The largest absolute Gasteiger partial charge is 0.496 e. The van der Waals surface area contributed by atoms with Gasteiger partial charge in [0.25, 0.3) is 0 Å². The normalized spacial score (nSPS) is 10.8. The molecule has 8 heteroatoms. The Labute approximate surface area is 143 Å². The Morgan fingerprint density at radius 2 is 2.08 bits per heavy atom. The zero-order valence-electron chi connectivity index (χ0n) is 13.7. The molecular formula is C17H15N7O. The van der Waals surface area contributed by atoms with Crippen LogP contribution in [0.25, 0.3) is 28.6 Å². The number of nitrogens with zero attached hydrogens (tertiary/aromatic N) is 6. The first-order valence-corrected chi connectivity index (χ1v) is 7.67. The summed E-state index contributed by atoms with van der Waals surface area (Å²) in [4.78, 5) is 13.1. The molecule has 0 saturated heterocycles. The molecule has 0 amide bonds. The van der Waals surface area contributed by atoms with Crippen LogP contribution in [-0.4, -0.2) is 42.3 Å². The number of aromatic nitrogens is 7. The molecule has 0 atom stereocenters. The van der Waals surface area contributed by atoms with Crippen molar-refractivity contribution < 1.29 is 4.74 Å². The Balaban J connectivity index is 1.71. The van der Waals surface area contributed by atoms with E-state index in [2.05, 4.69) is 30.4 Å². The van der Waals surface area contributed by atoms with E-state index in [1.807, 2.05) is 43.3 Å². The van der Waals surface area contributed by atoms with Gasteiger partial charge in [-0.3, -0.25) is 4.98 Å². The van der Waals surface area contributed by atoms with Gasteiger partial charge in [-0.25, -0.2) is 4.98 Å². The summed E-state index contributed by atoms with van der Waals surface area (Å²) in [6.07, 6.45) is 3.54. The third-order valence-electron chi connectivity index (χ3n) is 3.69. The first-order valence-electron chi connectivity index (χ1n) is 7.67. The number of H-pyrrole nitrogens is 1. The number of hydrogen-bond acceptors (Lipinski definition) is 6. The maximum atomic E-state index is 5.51. The number of ether oxygens (including phenoxy) is 1. The highest BCUT2D eigenvalue weighted by Gasteiger charge is 2.13. The number of aryl methyl sites for hydroxylation is 1. The Morgan fingerprint density at radius 1 is 1.16 bits per heavy atom. The minimum atomic E-state index is 0.431. The summed E-state index contributed by atoms with van der Waals surface area (Å²) >= 11 is 0. The summed E-state index contributed by atoms with van der Waals surface area (Å²) in [5, 5.41) is 12.5. The quantitative estimate of drug-likeness (QED) is 0.616. The maximum absolute atomic E-state index is 5.51. The van der Waals surface area contributed by atoms with Gasteiger partial charge in [0.05, 0.1) is 24.2 Å². The van der Waals surface area contributed by atoms with Crippen molar-refractivity contribution in [1.82, 2.24) is 35.2 Å². The van der Waals surface area contributed by atoms with Gasteiger partial charge in [-0.2, -0.15) is 0 Å². The second-order valence-electron chi connectivity index (χ2n) is 5.39. The average molecular weight is 333 g/mol. The maximum Gasteiger partial charge on any atom is 0.240 e. The van der Waals surface area contributed by atoms with E-state index in [1.165, 1.54) is 4.80 Å². The summed E-state index contributed by atoms with van der Waals surface area (Å²) in [7, 11) is 1.62. The Kier molecular flexibility index (Phi) is 3.70.